The monoisotopic (exact) mass is 204 g/mol. The third-order valence-electron chi connectivity index (χ3n) is 1.39. The predicted molar refractivity (Wildman–Crippen MR) is 49.8 cm³/mol. The highest BCUT2D eigenvalue weighted by molar-refractivity contribution is 6.35. The average Bonchev–Trinajstić information content (AvgIpc) is 2.18. The number of amides is 2. The summed E-state index contributed by atoms with van der Waals surface area (Å²) in [6.45, 7) is 1.42. The Bertz CT molecular complexity index is 164. The summed E-state index contributed by atoms with van der Waals surface area (Å²) in [7, 11) is 3.04. The zero-order valence-electron chi connectivity index (χ0n) is 8.46. The summed E-state index contributed by atoms with van der Waals surface area (Å²) in [5, 5.41) is 4.79. The van der Waals surface area contributed by atoms with Crippen LogP contribution in [0.3, 0.4) is 0 Å². The topological polar surface area (TPSA) is 76.7 Å². The second-order valence-corrected chi connectivity index (χ2v) is 2.50. The average molecular weight is 204 g/mol. The fraction of sp³-hybridized carbons (Fsp3) is 0.750. The minimum absolute atomic E-state index is 0.326. The fourth-order valence-electron chi connectivity index (χ4n) is 0.694. The van der Waals surface area contributed by atoms with Crippen LogP contribution < -0.4 is 10.6 Å². The second kappa shape index (κ2) is 8.46. The van der Waals surface area contributed by atoms with Gasteiger partial charge in [0.25, 0.3) is 0 Å². The number of rotatable bonds is 6. The Balaban J connectivity index is 3.50. The second-order valence-electron chi connectivity index (χ2n) is 2.50. The van der Waals surface area contributed by atoms with E-state index in [1.807, 2.05) is 0 Å². The lowest BCUT2D eigenvalue weighted by atomic mass is 10.5. The number of carbonyl (C=O) groups excluding carboxylic acids is 2. The molecule has 0 radical (unpaired) electrons. The van der Waals surface area contributed by atoms with Crippen molar-refractivity contribution in [1.29, 1.82) is 0 Å². The van der Waals surface area contributed by atoms with Gasteiger partial charge in [0.2, 0.25) is 0 Å². The predicted octanol–water partition coefficient (Wildman–Crippen LogP) is -1.49. The Hall–Kier alpha value is -1.14. The van der Waals surface area contributed by atoms with E-state index in [4.69, 9.17) is 9.47 Å². The molecule has 0 spiro atoms. The smallest absolute Gasteiger partial charge is 0.309 e. The summed E-state index contributed by atoms with van der Waals surface area (Å²) in [6, 6.07) is 0. The molecule has 0 heterocycles. The van der Waals surface area contributed by atoms with Crippen LogP contribution in [-0.4, -0.2) is 52.3 Å². The summed E-state index contributed by atoms with van der Waals surface area (Å²) in [4.78, 5) is 22.0. The first kappa shape index (κ1) is 12.9. The van der Waals surface area contributed by atoms with E-state index in [1.165, 1.54) is 14.2 Å². The van der Waals surface area contributed by atoms with Gasteiger partial charge >= 0.3 is 11.8 Å². The number of nitrogens with one attached hydrogen (secondary N) is 2. The minimum Gasteiger partial charge on any atom is -0.383 e. The molecule has 0 saturated carbocycles. The lowest BCUT2D eigenvalue weighted by molar-refractivity contribution is -0.139. The number of hydrogen-bond donors (Lipinski definition) is 2. The van der Waals surface area contributed by atoms with Gasteiger partial charge in [0.05, 0.1) is 13.2 Å². The summed E-state index contributed by atoms with van der Waals surface area (Å²) < 4.78 is 9.41. The Morgan fingerprint density at radius 3 is 1.57 bits per heavy atom. The van der Waals surface area contributed by atoms with Crippen LogP contribution in [0.1, 0.15) is 0 Å². The van der Waals surface area contributed by atoms with Crippen LogP contribution >= 0.6 is 0 Å². The van der Waals surface area contributed by atoms with E-state index >= 15 is 0 Å². The van der Waals surface area contributed by atoms with Crippen LogP contribution in [0.4, 0.5) is 0 Å². The molecule has 6 nitrogen and oxygen atoms in total. The van der Waals surface area contributed by atoms with Gasteiger partial charge in [0.15, 0.2) is 0 Å². The quantitative estimate of drug-likeness (QED) is 0.408. The van der Waals surface area contributed by atoms with Crippen LogP contribution in [-0.2, 0) is 19.1 Å². The maximum atomic E-state index is 11.0. The van der Waals surface area contributed by atoms with Gasteiger partial charge in [-0.05, 0) is 0 Å². The van der Waals surface area contributed by atoms with E-state index in [1.54, 1.807) is 0 Å². The van der Waals surface area contributed by atoms with Crippen LogP contribution in [0, 0.1) is 0 Å². The molecule has 6 heteroatoms. The molecule has 82 valence electrons. The fourth-order valence-corrected chi connectivity index (χ4v) is 0.694. The Morgan fingerprint density at radius 1 is 0.929 bits per heavy atom. The van der Waals surface area contributed by atoms with E-state index in [2.05, 4.69) is 10.6 Å². The van der Waals surface area contributed by atoms with Gasteiger partial charge in [-0.15, -0.1) is 0 Å². The Kier molecular flexibility index (Phi) is 7.77. The highest BCUT2D eigenvalue weighted by Crippen LogP contribution is 1.71. The Labute approximate surface area is 82.9 Å². The normalized spacial score (nSPS) is 9.57. The summed E-state index contributed by atoms with van der Waals surface area (Å²) in [5.74, 6) is -1.31. The van der Waals surface area contributed by atoms with Gasteiger partial charge in [0.1, 0.15) is 0 Å². The minimum atomic E-state index is -0.654. The van der Waals surface area contributed by atoms with Gasteiger partial charge in [-0.2, -0.15) is 0 Å². The van der Waals surface area contributed by atoms with Crippen molar-refractivity contribution < 1.29 is 19.1 Å². The highest BCUT2D eigenvalue weighted by Gasteiger charge is 2.10. The van der Waals surface area contributed by atoms with E-state index in [0.717, 1.165) is 0 Å². The van der Waals surface area contributed by atoms with Crippen molar-refractivity contribution in [3.63, 3.8) is 0 Å². The lowest BCUT2D eigenvalue weighted by Crippen LogP contribution is -2.42. The molecule has 2 N–H and O–H groups in total. The SMILES string of the molecule is COCCNC(=O)C(=O)NCCOC. The van der Waals surface area contributed by atoms with Gasteiger partial charge in [-0.1, -0.05) is 0 Å². The molecule has 0 unspecified atom stereocenters. The first-order valence-electron chi connectivity index (χ1n) is 4.26. The van der Waals surface area contributed by atoms with Crippen LogP contribution in [0.15, 0.2) is 0 Å². The number of hydrogen-bond acceptors (Lipinski definition) is 4. The third kappa shape index (κ3) is 6.38. The maximum Gasteiger partial charge on any atom is 0.309 e. The van der Waals surface area contributed by atoms with Crippen LogP contribution in [0.2, 0.25) is 0 Å². The van der Waals surface area contributed by atoms with Crippen molar-refractivity contribution in [2.45, 2.75) is 0 Å². The molecule has 0 aromatic rings. The molecule has 0 aliphatic carbocycles. The van der Waals surface area contributed by atoms with Gasteiger partial charge in [-0.3, -0.25) is 9.59 Å². The number of ether oxygens (including phenoxy) is 2. The standard InChI is InChI=1S/C8H16N2O4/c1-13-5-3-9-7(11)8(12)10-4-6-14-2/h3-6H2,1-2H3,(H,9,11)(H,10,12). The molecule has 0 aliphatic heterocycles. The van der Waals surface area contributed by atoms with Crippen molar-refractivity contribution >= 4 is 11.8 Å². The van der Waals surface area contributed by atoms with Crippen LogP contribution in [0.5, 0.6) is 0 Å². The zero-order chi connectivity index (χ0) is 10.8. The molecule has 14 heavy (non-hydrogen) atoms. The van der Waals surface area contributed by atoms with Gasteiger partial charge in [-0.25, -0.2) is 0 Å². The molecular formula is C8H16N2O4. The van der Waals surface area contributed by atoms with Crippen molar-refractivity contribution in [2.75, 3.05) is 40.5 Å². The Morgan fingerprint density at radius 2 is 1.29 bits per heavy atom. The van der Waals surface area contributed by atoms with Crippen molar-refractivity contribution in [1.82, 2.24) is 10.6 Å². The van der Waals surface area contributed by atoms with Crippen molar-refractivity contribution in [3.05, 3.63) is 0 Å². The molecule has 0 aromatic heterocycles. The summed E-state index contributed by atoms with van der Waals surface area (Å²) >= 11 is 0. The zero-order valence-corrected chi connectivity index (χ0v) is 8.46. The number of carbonyl (C=O) groups is 2. The molecule has 0 fully saturated rings. The lowest BCUT2D eigenvalue weighted by Gasteiger charge is -2.05. The largest absolute Gasteiger partial charge is 0.383 e. The van der Waals surface area contributed by atoms with E-state index < -0.39 is 11.8 Å². The van der Waals surface area contributed by atoms with Crippen molar-refractivity contribution in [3.8, 4) is 0 Å². The number of methoxy groups -OCH3 is 2. The third-order valence-corrected chi connectivity index (χ3v) is 1.39. The molecule has 0 atom stereocenters. The summed E-state index contributed by atoms with van der Waals surface area (Å²) in [5.41, 5.74) is 0. The summed E-state index contributed by atoms with van der Waals surface area (Å²) in [6.07, 6.45) is 0. The molecule has 0 aromatic carbocycles. The van der Waals surface area contributed by atoms with E-state index in [-0.39, 0.29) is 0 Å². The molecule has 0 aliphatic rings. The molecule has 0 rings (SSSR count). The van der Waals surface area contributed by atoms with Crippen molar-refractivity contribution in [2.24, 2.45) is 0 Å². The van der Waals surface area contributed by atoms with Gasteiger partial charge in [0, 0.05) is 27.3 Å². The first-order valence-corrected chi connectivity index (χ1v) is 4.26. The molecule has 0 saturated heterocycles. The molecule has 2 amide bonds. The van der Waals surface area contributed by atoms with Gasteiger partial charge < -0.3 is 20.1 Å². The van der Waals surface area contributed by atoms with E-state index in [9.17, 15) is 9.59 Å². The highest BCUT2D eigenvalue weighted by atomic mass is 16.5. The van der Waals surface area contributed by atoms with Crippen LogP contribution in [0.25, 0.3) is 0 Å². The molecular weight excluding hydrogens is 188 g/mol. The molecule has 0 bridgehead atoms. The maximum absolute atomic E-state index is 11.0. The van der Waals surface area contributed by atoms with E-state index in [0.29, 0.717) is 26.3 Å². The first-order chi connectivity index (χ1) is 6.72.